The summed E-state index contributed by atoms with van der Waals surface area (Å²) in [5, 5.41) is 0. The molecule has 0 saturated carbocycles. The standard InChI is InChI=1S/C42H22B2F4N2O2/c45-29-20-33-37-41(39(29)47)51-35-22-36-28(19-27(35)43(37)25-15-7-9-17-31(25)49(33)23-11-3-1-4-12-23)44-26-16-8-10-18-32(26)50(24-13-5-2-6-14-24)34-21-30(46)40(48)42(52-36)38(34)44/h1-22H. The van der Waals surface area contributed by atoms with Gasteiger partial charge in [0.2, 0.25) is 11.6 Å². The molecule has 0 atom stereocenters. The molecule has 0 spiro atoms. The van der Waals surface area contributed by atoms with Crippen LogP contribution in [0.4, 0.5) is 51.7 Å². The van der Waals surface area contributed by atoms with Crippen LogP contribution in [0.5, 0.6) is 23.0 Å². The summed E-state index contributed by atoms with van der Waals surface area (Å²) < 4.78 is 75.4. The van der Waals surface area contributed by atoms with E-state index in [1.165, 1.54) is 12.1 Å². The molecule has 4 aliphatic heterocycles. The maximum Gasteiger partial charge on any atom is 0.256 e. The first kappa shape index (κ1) is 29.3. The average molecular weight is 684 g/mol. The van der Waals surface area contributed by atoms with Crippen molar-refractivity contribution in [3.8, 4) is 23.0 Å². The van der Waals surface area contributed by atoms with Crippen LogP contribution in [0.15, 0.2) is 133 Å². The van der Waals surface area contributed by atoms with Gasteiger partial charge in [-0.15, -0.1) is 0 Å². The van der Waals surface area contributed by atoms with Crippen molar-refractivity contribution < 1.29 is 27.0 Å². The summed E-state index contributed by atoms with van der Waals surface area (Å²) in [6, 6.07) is 40.8. The van der Waals surface area contributed by atoms with E-state index in [4.69, 9.17) is 9.47 Å². The summed E-state index contributed by atoms with van der Waals surface area (Å²) in [7, 11) is 0. The number of halogens is 4. The predicted molar refractivity (Wildman–Crippen MR) is 198 cm³/mol. The van der Waals surface area contributed by atoms with Crippen LogP contribution >= 0.6 is 0 Å². The third kappa shape index (κ3) is 3.83. The Labute approximate surface area is 296 Å². The highest BCUT2D eigenvalue weighted by atomic mass is 19.2. The molecular weight excluding hydrogens is 662 g/mol. The Morgan fingerprint density at radius 3 is 1.25 bits per heavy atom. The van der Waals surface area contributed by atoms with E-state index in [9.17, 15) is 0 Å². The Morgan fingerprint density at radius 2 is 0.808 bits per heavy atom. The number of hydrogen-bond acceptors (Lipinski definition) is 4. The highest BCUT2D eigenvalue weighted by Gasteiger charge is 2.48. The summed E-state index contributed by atoms with van der Waals surface area (Å²) in [5.41, 5.74) is 8.33. The molecule has 0 N–H and O–H groups in total. The molecule has 0 bridgehead atoms. The molecule has 246 valence electrons. The number of anilines is 6. The van der Waals surface area contributed by atoms with Gasteiger partial charge in [-0.1, -0.05) is 78.9 Å². The minimum Gasteiger partial charge on any atom is -0.455 e. The van der Waals surface area contributed by atoms with Crippen LogP contribution < -0.4 is 52.1 Å². The van der Waals surface area contributed by atoms with Gasteiger partial charge >= 0.3 is 0 Å². The maximum atomic E-state index is 15.9. The molecule has 0 amide bonds. The number of ether oxygens (including phenoxy) is 2. The van der Waals surface area contributed by atoms with Crippen LogP contribution in [0.25, 0.3) is 0 Å². The van der Waals surface area contributed by atoms with Crippen molar-refractivity contribution in [2.24, 2.45) is 0 Å². The monoisotopic (exact) mass is 684 g/mol. The zero-order chi connectivity index (χ0) is 34.8. The Morgan fingerprint density at radius 1 is 0.404 bits per heavy atom. The van der Waals surface area contributed by atoms with Crippen LogP contribution in [-0.2, 0) is 0 Å². The Hall–Kier alpha value is -6.41. The predicted octanol–water partition coefficient (Wildman–Crippen LogP) is 7.05. The lowest BCUT2D eigenvalue weighted by Crippen LogP contribution is -2.63. The first-order valence-electron chi connectivity index (χ1n) is 16.9. The van der Waals surface area contributed by atoms with E-state index in [1.807, 2.05) is 125 Å². The number of fused-ring (bicyclic) bond motifs is 8. The van der Waals surface area contributed by atoms with Gasteiger partial charge in [-0.2, -0.15) is 8.78 Å². The molecule has 0 radical (unpaired) electrons. The number of benzene rings is 7. The lowest BCUT2D eigenvalue weighted by atomic mass is 9.31. The minimum absolute atomic E-state index is 0.222. The summed E-state index contributed by atoms with van der Waals surface area (Å²) in [5.74, 6) is -4.27. The van der Waals surface area contributed by atoms with Crippen molar-refractivity contribution in [1.82, 2.24) is 0 Å². The zero-order valence-electron chi connectivity index (χ0n) is 27.1. The van der Waals surface area contributed by atoms with E-state index in [0.717, 1.165) is 44.6 Å². The Balaban J connectivity index is 1.18. The number of hydrogen-bond donors (Lipinski definition) is 0. The van der Waals surface area contributed by atoms with Crippen molar-refractivity contribution in [3.63, 3.8) is 0 Å². The van der Waals surface area contributed by atoms with Gasteiger partial charge in [0.05, 0.1) is 0 Å². The topological polar surface area (TPSA) is 24.9 Å². The number of rotatable bonds is 2. The fraction of sp³-hybridized carbons (Fsp3) is 0. The fourth-order valence-electron chi connectivity index (χ4n) is 8.58. The van der Waals surface area contributed by atoms with E-state index in [-0.39, 0.29) is 23.0 Å². The third-order valence-electron chi connectivity index (χ3n) is 10.6. The lowest BCUT2D eigenvalue weighted by Gasteiger charge is -2.42. The molecule has 0 aromatic heterocycles. The molecule has 0 saturated heterocycles. The highest BCUT2D eigenvalue weighted by Crippen LogP contribution is 2.45. The van der Waals surface area contributed by atoms with Crippen LogP contribution in [0.2, 0.25) is 0 Å². The number of para-hydroxylation sites is 4. The van der Waals surface area contributed by atoms with Gasteiger partial charge in [0, 0.05) is 63.2 Å². The highest BCUT2D eigenvalue weighted by molar-refractivity contribution is 7.02. The van der Waals surface area contributed by atoms with Gasteiger partial charge < -0.3 is 19.3 Å². The van der Waals surface area contributed by atoms with Gasteiger partial charge in [-0.05, 0) is 58.2 Å². The van der Waals surface area contributed by atoms with E-state index in [0.29, 0.717) is 22.3 Å². The summed E-state index contributed by atoms with van der Waals surface area (Å²) in [6.45, 7) is -1.09. The normalized spacial score (nSPS) is 13.9. The van der Waals surface area contributed by atoms with Crippen molar-refractivity contribution in [2.45, 2.75) is 0 Å². The smallest absolute Gasteiger partial charge is 0.256 e. The first-order chi connectivity index (χ1) is 25.5. The lowest BCUT2D eigenvalue weighted by molar-refractivity contribution is 0.407. The second-order valence-corrected chi connectivity index (χ2v) is 13.3. The van der Waals surface area contributed by atoms with E-state index in [1.54, 1.807) is 6.07 Å². The molecule has 0 aliphatic carbocycles. The van der Waals surface area contributed by atoms with Crippen LogP contribution in [0, 0.1) is 23.3 Å². The van der Waals surface area contributed by atoms with Crippen molar-refractivity contribution in [1.29, 1.82) is 0 Å². The molecule has 10 heteroatoms. The quantitative estimate of drug-likeness (QED) is 0.144. The summed E-state index contributed by atoms with van der Waals surface area (Å²) >= 11 is 0. The van der Waals surface area contributed by atoms with Crippen molar-refractivity contribution >= 4 is 80.3 Å². The van der Waals surface area contributed by atoms with Crippen LogP contribution in [0.1, 0.15) is 0 Å². The summed E-state index contributed by atoms with van der Waals surface area (Å²) in [4.78, 5) is 3.86. The molecule has 7 aromatic rings. The SMILES string of the molecule is Fc1cc2c3c(c1F)Oc1cc4c(cc1B3c1ccccc1N2c1ccccc1)B1c2ccccc2N(c2ccccc2)c2cc(F)c(F)c(c21)O4. The maximum absolute atomic E-state index is 15.9. The number of nitrogens with zero attached hydrogens (tertiary/aromatic N) is 2. The van der Waals surface area contributed by atoms with Gasteiger partial charge in [-0.25, -0.2) is 8.78 Å². The largest absolute Gasteiger partial charge is 0.455 e. The van der Waals surface area contributed by atoms with Crippen molar-refractivity contribution in [2.75, 3.05) is 9.80 Å². The molecule has 4 heterocycles. The van der Waals surface area contributed by atoms with Crippen LogP contribution in [-0.4, -0.2) is 13.4 Å². The second kappa shape index (κ2) is 10.6. The molecule has 0 fully saturated rings. The average Bonchev–Trinajstić information content (AvgIpc) is 3.18. The van der Waals surface area contributed by atoms with Gasteiger partial charge in [0.25, 0.3) is 13.4 Å². The molecule has 4 nitrogen and oxygen atoms in total. The van der Waals surface area contributed by atoms with E-state index in [2.05, 4.69) is 0 Å². The van der Waals surface area contributed by atoms with E-state index >= 15 is 17.6 Å². The zero-order valence-corrected chi connectivity index (χ0v) is 27.1. The fourth-order valence-corrected chi connectivity index (χ4v) is 8.58. The van der Waals surface area contributed by atoms with Crippen molar-refractivity contribution in [3.05, 3.63) is 157 Å². The molecule has 4 aliphatic rings. The Bertz CT molecular complexity index is 2500. The molecule has 0 unspecified atom stereocenters. The van der Waals surface area contributed by atoms with Gasteiger partial charge in [0.15, 0.2) is 23.1 Å². The molecule has 7 aromatic carbocycles. The Kier molecular flexibility index (Phi) is 5.95. The minimum atomic E-state index is -1.11. The van der Waals surface area contributed by atoms with Gasteiger partial charge in [0.1, 0.15) is 11.5 Å². The summed E-state index contributed by atoms with van der Waals surface area (Å²) in [6.07, 6.45) is 0. The second-order valence-electron chi connectivity index (χ2n) is 13.3. The first-order valence-corrected chi connectivity index (χ1v) is 16.9. The van der Waals surface area contributed by atoms with E-state index < -0.39 is 36.7 Å². The molecular formula is C42H22B2F4N2O2. The molecule has 52 heavy (non-hydrogen) atoms. The van der Waals surface area contributed by atoms with Crippen LogP contribution in [0.3, 0.4) is 0 Å². The van der Waals surface area contributed by atoms with Gasteiger partial charge in [-0.3, -0.25) is 0 Å². The third-order valence-corrected chi connectivity index (χ3v) is 10.6. The molecule has 11 rings (SSSR count).